The van der Waals surface area contributed by atoms with Crippen LogP contribution in [-0.4, -0.2) is 29.3 Å². The molecule has 0 spiro atoms. The first-order valence-corrected chi connectivity index (χ1v) is 6.62. The van der Waals surface area contributed by atoms with E-state index in [9.17, 15) is 9.18 Å². The van der Waals surface area contributed by atoms with Gasteiger partial charge in [0, 0.05) is 13.1 Å². The van der Waals surface area contributed by atoms with E-state index in [0.29, 0.717) is 19.0 Å². The van der Waals surface area contributed by atoms with E-state index in [1.54, 1.807) is 24.0 Å². The van der Waals surface area contributed by atoms with Crippen molar-refractivity contribution in [3.63, 3.8) is 0 Å². The summed E-state index contributed by atoms with van der Waals surface area (Å²) in [4.78, 5) is 13.9. The molecule has 18 heavy (non-hydrogen) atoms. The minimum atomic E-state index is -0.454. The topological polar surface area (TPSA) is 20.3 Å². The molecule has 0 bridgehead atoms. The van der Waals surface area contributed by atoms with E-state index in [0.717, 1.165) is 12.0 Å². The Labute approximate surface area is 112 Å². The number of benzene rings is 1. The Bertz CT molecular complexity index is 463. The first kappa shape index (κ1) is 13.3. The first-order valence-electron chi connectivity index (χ1n) is 6.18. The zero-order chi connectivity index (χ0) is 13.3. The number of rotatable bonds is 1. The van der Waals surface area contributed by atoms with Crippen molar-refractivity contribution in [2.24, 2.45) is 5.92 Å². The summed E-state index contributed by atoms with van der Waals surface area (Å²) in [5.74, 6) is -0.312. The van der Waals surface area contributed by atoms with Gasteiger partial charge in [-0.15, -0.1) is 11.6 Å². The lowest BCUT2D eigenvalue weighted by Gasteiger charge is -2.34. The summed E-state index contributed by atoms with van der Waals surface area (Å²) in [5.41, 5.74) is 0.950. The van der Waals surface area contributed by atoms with Crippen LogP contribution in [0, 0.1) is 18.7 Å². The molecule has 4 heteroatoms. The van der Waals surface area contributed by atoms with E-state index in [1.807, 2.05) is 0 Å². The van der Waals surface area contributed by atoms with Crippen LogP contribution in [0.1, 0.15) is 29.3 Å². The van der Waals surface area contributed by atoms with Gasteiger partial charge in [0.15, 0.2) is 0 Å². The fourth-order valence-corrected chi connectivity index (χ4v) is 2.46. The molecule has 0 radical (unpaired) electrons. The Hall–Kier alpha value is -1.09. The SMILES string of the molecule is Cc1ccc(C(=O)N2CCC(C)C(Cl)C2)c(F)c1. The normalized spacial score (nSPS) is 24.1. The molecule has 1 aromatic rings. The van der Waals surface area contributed by atoms with Gasteiger partial charge in [-0.05, 0) is 37.0 Å². The molecular weight excluding hydrogens is 253 g/mol. The van der Waals surface area contributed by atoms with E-state index in [-0.39, 0.29) is 16.8 Å². The molecule has 0 aromatic heterocycles. The van der Waals surface area contributed by atoms with E-state index >= 15 is 0 Å². The van der Waals surface area contributed by atoms with E-state index in [2.05, 4.69) is 6.92 Å². The summed E-state index contributed by atoms with van der Waals surface area (Å²) in [6, 6.07) is 4.69. The highest BCUT2D eigenvalue weighted by molar-refractivity contribution is 6.21. The van der Waals surface area contributed by atoms with Crippen LogP contribution in [-0.2, 0) is 0 Å². The van der Waals surface area contributed by atoms with Gasteiger partial charge in [0.2, 0.25) is 0 Å². The van der Waals surface area contributed by atoms with Crippen LogP contribution in [0.15, 0.2) is 18.2 Å². The number of likely N-dealkylation sites (tertiary alicyclic amines) is 1. The highest BCUT2D eigenvalue weighted by Gasteiger charge is 2.28. The van der Waals surface area contributed by atoms with Gasteiger partial charge in [-0.1, -0.05) is 13.0 Å². The summed E-state index contributed by atoms with van der Waals surface area (Å²) in [6.45, 7) is 5.02. The van der Waals surface area contributed by atoms with Crippen LogP contribution >= 0.6 is 11.6 Å². The summed E-state index contributed by atoms with van der Waals surface area (Å²) in [6.07, 6.45) is 0.868. The van der Waals surface area contributed by atoms with Gasteiger partial charge in [-0.2, -0.15) is 0 Å². The molecule has 1 heterocycles. The van der Waals surface area contributed by atoms with Gasteiger partial charge >= 0.3 is 0 Å². The maximum atomic E-state index is 13.7. The largest absolute Gasteiger partial charge is 0.337 e. The summed E-state index contributed by atoms with van der Waals surface area (Å²) in [5, 5.41) is -0.0452. The maximum Gasteiger partial charge on any atom is 0.256 e. The minimum Gasteiger partial charge on any atom is -0.337 e. The van der Waals surface area contributed by atoms with Crippen molar-refractivity contribution >= 4 is 17.5 Å². The van der Waals surface area contributed by atoms with Crippen LogP contribution in [0.4, 0.5) is 4.39 Å². The molecule has 1 fully saturated rings. The Morgan fingerprint density at radius 3 is 2.83 bits per heavy atom. The van der Waals surface area contributed by atoms with Gasteiger partial charge in [0.05, 0.1) is 10.9 Å². The third kappa shape index (κ3) is 2.66. The highest BCUT2D eigenvalue weighted by Crippen LogP contribution is 2.23. The second-order valence-corrected chi connectivity index (χ2v) is 5.58. The minimum absolute atomic E-state index is 0.0452. The van der Waals surface area contributed by atoms with E-state index in [1.165, 1.54) is 6.07 Å². The fourth-order valence-electron chi connectivity index (χ4n) is 2.17. The Morgan fingerprint density at radius 1 is 1.50 bits per heavy atom. The van der Waals surface area contributed by atoms with Crippen LogP contribution in [0.2, 0.25) is 0 Å². The monoisotopic (exact) mass is 269 g/mol. The number of amides is 1. The molecule has 1 amide bonds. The molecular formula is C14H17ClFNO. The molecule has 2 atom stereocenters. The standard InChI is InChI=1S/C14H17ClFNO/c1-9-3-4-11(13(16)7-9)14(18)17-6-5-10(2)12(15)8-17/h3-4,7,10,12H,5-6,8H2,1-2H3. The number of nitrogens with zero attached hydrogens (tertiary/aromatic N) is 1. The van der Waals surface area contributed by atoms with Crippen LogP contribution in [0.3, 0.4) is 0 Å². The first-order chi connectivity index (χ1) is 8.49. The molecule has 0 saturated carbocycles. The van der Waals surface area contributed by atoms with Crippen molar-refractivity contribution in [2.75, 3.05) is 13.1 Å². The molecule has 1 aromatic carbocycles. The van der Waals surface area contributed by atoms with E-state index < -0.39 is 5.82 Å². The number of halogens is 2. The van der Waals surface area contributed by atoms with Gasteiger partial charge < -0.3 is 4.90 Å². The zero-order valence-corrected chi connectivity index (χ0v) is 11.4. The molecule has 1 aliphatic rings. The fraction of sp³-hybridized carbons (Fsp3) is 0.500. The Balaban J connectivity index is 2.16. The second kappa shape index (κ2) is 5.27. The van der Waals surface area contributed by atoms with Crippen LogP contribution < -0.4 is 0 Å². The average molecular weight is 270 g/mol. The van der Waals surface area contributed by atoms with Gasteiger partial charge in [-0.3, -0.25) is 4.79 Å². The highest BCUT2D eigenvalue weighted by atomic mass is 35.5. The Morgan fingerprint density at radius 2 is 2.22 bits per heavy atom. The number of carbonyl (C=O) groups excluding carboxylic acids is 1. The summed E-state index contributed by atoms with van der Waals surface area (Å²) < 4.78 is 13.7. The van der Waals surface area contributed by atoms with Crippen molar-refractivity contribution in [3.05, 3.63) is 35.1 Å². The number of hydrogen-bond donors (Lipinski definition) is 0. The van der Waals surface area contributed by atoms with Crippen molar-refractivity contribution in [2.45, 2.75) is 25.6 Å². The van der Waals surface area contributed by atoms with Crippen LogP contribution in [0.25, 0.3) is 0 Å². The lowest BCUT2D eigenvalue weighted by Crippen LogP contribution is -2.44. The van der Waals surface area contributed by atoms with Gasteiger partial charge in [-0.25, -0.2) is 4.39 Å². The average Bonchev–Trinajstić information content (AvgIpc) is 2.32. The molecule has 1 saturated heterocycles. The lowest BCUT2D eigenvalue weighted by atomic mass is 9.98. The lowest BCUT2D eigenvalue weighted by molar-refractivity contribution is 0.0696. The van der Waals surface area contributed by atoms with Crippen molar-refractivity contribution in [3.8, 4) is 0 Å². The van der Waals surface area contributed by atoms with Gasteiger partial charge in [0.25, 0.3) is 5.91 Å². The predicted molar refractivity (Wildman–Crippen MR) is 70.5 cm³/mol. The number of piperidine rings is 1. The quantitative estimate of drug-likeness (QED) is 0.717. The maximum absolute atomic E-state index is 13.7. The molecule has 1 aliphatic heterocycles. The number of carbonyl (C=O) groups is 1. The molecule has 2 rings (SSSR count). The zero-order valence-electron chi connectivity index (χ0n) is 10.6. The third-order valence-electron chi connectivity index (χ3n) is 3.51. The van der Waals surface area contributed by atoms with E-state index in [4.69, 9.17) is 11.6 Å². The molecule has 98 valence electrons. The molecule has 2 nitrogen and oxygen atoms in total. The van der Waals surface area contributed by atoms with Crippen molar-refractivity contribution in [1.29, 1.82) is 0 Å². The molecule has 0 N–H and O–H groups in total. The van der Waals surface area contributed by atoms with Crippen LogP contribution in [0.5, 0.6) is 0 Å². The third-order valence-corrected chi connectivity index (χ3v) is 4.08. The number of hydrogen-bond acceptors (Lipinski definition) is 1. The Kier molecular flexibility index (Phi) is 3.91. The van der Waals surface area contributed by atoms with Crippen molar-refractivity contribution in [1.82, 2.24) is 4.90 Å². The predicted octanol–water partition coefficient (Wildman–Crippen LogP) is 3.22. The second-order valence-electron chi connectivity index (χ2n) is 5.02. The van der Waals surface area contributed by atoms with Crippen molar-refractivity contribution < 1.29 is 9.18 Å². The number of aryl methyl sites for hydroxylation is 1. The smallest absolute Gasteiger partial charge is 0.256 e. The summed E-state index contributed by atoms with van der Waals surface area (Å²) in [7, 11) is 0. The number of alkyl halides is 1. The molecule has 0 aliphatic carbocycles. The molecule has 2 unspecified atom stereocenters. The summed E-state index contributed by atoms with van der Waals surface area (Å²) >= 11 is 6.17. The van der Waals surface area contributed by atoms with Gasteiger partial charge in [0.1, 0.15) is 5.82 Å².